The van der Waals surface area contributed by atoms with E-state index < -0.39 is 0 Å². The van der Waals surface area contributed by atoms with Gasteiger partial charge in [0.15, 0.2) is 0 Å². The summed E-state index contributed by atoms with van der Waals surface area (Å²) in [6, 6.07) is 7.58. The number of hydrogen-bond acceptors (Lipinski definition) is 4. The average molecular weight is 300 g/mol. The average Bonchev–Trinajstić information content (AvgIpc) is 3.21. The molecule has 1 saturated heterocycles. The van der Waals surface area contributed by atoms with Gasteiger partial charge in [-0.3, -0.25) is 4.79 Å². The first-order valence-electron chi connectivity index (χ1n) is 7.56. The fourth-order valence-electron chi connectivity index (χ4n) is 2.64. The predicted octanol–water partition coefficient (Wildman–Crippen LogP) is 1.62. The van der Waals surface area contributed by atoms with E-state index in [4.69, 9.17) is 4.74 Å². The summed E-state index contributed by atoms with van der Waals surface area (Å²) in [5.41, 5.74) is 1.74. The quantitative estimate of drug-likeness (QED) is 0.911. The Morgan fingerprint density at radius 2 is 2.27 bits per heavy atom. The molecule has 0 aliphatic carbocycles. The van der Waals surface area contributed by atoms with Crippen LogP contribution in [-0.2, 0) is 11.3 Å². The maximum absolute atomic E-state index is 12.2. The zero-order chi connectivity index (χ0) is 15.4. The van der Waals surface area contributed by atoms with Crippen molar-refractivity contribution in [2.24, 2.45) is 0 Å². The number of hydrogen-bond donors (Lipinski definition) is 1. The van der Waals surface area contributed by atoms with Crippen molar-refractivity contribution >= 4 is 5.91 Å². The normalized spacial score (nSPS) is 19.0. The maximum atomic E-state index is 12.2. The fraction of sp³-hybridized carbons (Fsp3) is 0.438. The number of ether oxygens (including phenoxy) is 1. The van der Waals surface area contributed by atoms with Crippen molar-refractivity contribution in [3.8, 4) is 0 Å². The molecule has 1 fully saturated rings. The van der Waals surface area contributed by atoms with E-state index in [0.717, 1.165) is 25.0 Å². The lowest BCUT2D eigenvalue weighted by Crippen LogP contribution is -2.40. The Bertz CT molecular complexity index is 604. The van der Waals surface area contributed by atoms with E-state index in [2.05, 4.69) is 15.4 Å². The molecule has 1 amide bonds. The van der Waals surface area contributed by atoms with Crippen molar-refractivity contribution < 1.29 is 9.53 Å². The molecule has 3 rings (SSSR count). The van der Waals surface area contributed by atoms with E-state index in [1.165, 1.54) is 6.33 Å². The van der Waals surface area contributed by atoms with Crippen LogP contribution in [0.4, 0.5) is 0 Å². The van der Waals surface area contributed by atoms with Gasteiger partial charge in [-0.1, -0.05) is 12.1 Å². The van der Waals surface area contributed by atoms with Crippen molar-refractivity contribution in [3.63, 3.8) is 0 Å². The van der Waals surface area contributed by atoms with Crippen LogP contribution in [0.15, 0.2) is 36.9 Å². The standard InChI is InChI=1S/C16H20N4O2/c1-12(15-3-2-8-22-15)19-16(21)14-6-4-13(5-7-14)9-20-11-17-10-18-20/h4-7,10-12,15H,2-3,8-9H2,1H3,(H,19,21). The number of rotatable bonds is 5. The van der Waals surface area contributed by atoms with Gasteiger partial charge in [0.2, 0.25) is 0 Å². The van der Waals surface area contributed by atoms with Gasteiger partial charge in [-0.15, -0.1) is 0 Å². The van der Waals surface area contributed by atoms with Gasteiger partial charge in [0.05, 0.1) is 18.7 Å². The van der Waals surface area contributed by atoms with E-state index in [0.29, 0.717) is 12.1 Å². The molecule has 1 aromatic carbocycles. The lowest BCUT2D eigenvalue weighted by Gasteiger charge is -2.20. The van der Waals surface area contributed by atoms with Crippen LogP contribution < -0.4 is 5.32 Å². The van der Waals surface area contributed by atoms with Crippen molar-refractivity contribution in [1.82, 2.24) is 20.1 Å². The van der Waals surface area contributed by atoms with Crippen molar-refractivity contribution in [2.75, 3.05) is 6.61 Å². The summed E-state index contributed by atoms with van der Waals surface area (Å²) in [4.78, 5) is 16.2. The molecule has 0 spiro atoms. The maximum Gasteiger partial charge on any atom is 0.251 e. The van der Waals surface area contributed by atoms with Crippen LogP contribution >= 0.6 is 0 Å². The van der Waals surface area contributed by atoms with Gasteiger partial charge >= 0.3 is 0 Å². The van der Waals surface area contributed by atoms with Crippen molar-refractivity contribution in [3.05, 3.63) is 48.0 Å². The summed E-state index contributed by atoms with van der Waals surface area (Å²) < 4.78 is 7.34. The minimum Gasteiger partial charge on any atom is -0.376 e. The van der Waals surface area contributed by atoms with Crippen LogP contribution in [0, 0.1) is 0 Å². The smallest absolute Gasteiger partial charge is 0.251 e. The first-order chi connectivity index (χ1) is 10.7. The molecule has 2 atom stereocenters. The van der Waals surface area contributed by atoms with Gasteiger partial charge < -0.3 is 10.1 Å². The second-order valence-corrected chi connectivity index (χ2v) is 5.60. The number of nitrogens with one attached hydrogen (secondary N) is 1. The van der Waals surface area contributed by atoms with Crippen LogP contribution in [0.1, 0.15) is 35.7 Å². The lowest BCUT2D eigenvalue weighted by molar-refractivity contribution is 0.0712. The van der Waals surface area contributed by atoms with Gasteiger partial charge in [0.25, 0.3) is 5.91 Å². The molecule has 6 nitrogen and oxygen atoms in total. The largest absolute Gasteiger partial charge is 0.376 e. The zero-order valence-electron chi connectivity index (χ0n) is 12.6. The number of carbonyl (C=O) groups is 1. The highest BCUT2D eigenvalue weighted by Crippen LogP contribution is 2.16. The van der Waals surface area contributed by atoms with E-state index in [9.17, 15) is 4.79 Å². The predicted molar refractivity (Wildman–Crippen MR) is 81.5 cm³/mol. The van der Waals surface area contributed by atoms with Gasteiger partial charge in [-0.25, -0.2) is 9.67 Å². The lowest BCUT2D eigenvalue weighted by atomic mass is 10.1. The van der Waals surface area contributed by atoms with E-state index in [-0.39, 0.29) is 18.1 Å². The molecule has 0 bridgehead atoms. The summed E-state index contributed by atoms with van der Waals surface area (Å²) in [5, 5.41) is 7.08. The van der Waals surface area contributed by atoms with Gasteiger partial charge in [0, 0.05) is 12.2 Å². The topological polar surface area (TPSA) is 69.0 Å². The van der Waals surface area contributed by atoms with Crippen LogP contribution in [0.5, 0.6) is 0 Å². The summed E-state index contributed by atoms with van der Waals surface area (Å²) in [6.07, 6.45) is 5.40. The highest BCUT2D eigenvalue weighted by molar-refractivity contribution is 5.94. The Labute approximate surface area is 129 Å². The van der Waals surface area contributed by atoms with Crippen molar-refractivity contribution in [2.45, 2.75) is 38.5 Å². The Kier molecular flexibility index (Phi) is 4.48. The first-order valence-corrected chi connectivity index (χ1v) is 7.56. The third kappa shape index (κ3) is 3.51. The molecule has 116 valence electrons. The van der Waals surface area contributed by atoms with Gasteiger partial charge in [0.1, 0.15) is 12.7 Å². The monoisotopic (exact) mass is 300 g/mol. The summed E-state index contributed by atoms with van der Waals surface area (Å²) in [6.45, 7) is 3.43. The first kappa shape index (κ1) is 14.7. The van der Waals surface area contributed by atoms with Crippen LogP contribution in [-0.4, -0.2) is 39.4 Å². The second kappa shape index (κ2) is 6.70. The highest BCUT2D eigenvalue weighted by atomic mass is 16.5. The summed E-state index contributed by atoms with van der Waals surface area (Å²) in [7, 11) is 0. The minimum absolute atomic E-state index is 0.0322. The molecule has 22 heavy (non-hydrogen) atoms. The molecular formula is C16H20N4O2. The van der Waals surface area contributed by atoms with Crippen LogP contribution in [0.3, 0.4) is 0 Å². The third-order valence-corrected chi connectivity index (χ3v) is 3.91. The number of benzene rings is 1. The summed E-state index contributed by atoms with van der Waals surface area (Å²) >= 11 is 0. The SMILES string of the molecule is CC(NC(=O)c1ccc(Cn2cncn2)cc1)C1CCCO1. The number of nitrogens with zero attached hydrogens (tertiary/aromatic N) is 3. The number of carbonyl (C=O) groups excluding carboxylic acids is 1. The molecule has 1 aliphatic rings. The molecular weight excluding hydrogens is 280 g/mol. The molecule has 1 aliphatic heterocycles. The molecule has 0 radical (unpaired) electrons. The van der Waals surface area contributed by atoms with E-state index >= 15 is 0 Å². The van der Waals surface area contributed by atoms with Gasteiger partial charge in [-0.2, -0.15) is 5.10 Å². The molecule has 1 N–H and O–H groups in total. The Morgan fingerprint density at radius 3 is 2.91 bits per heavy atom. The van der Waals surface area contributed by atoms with Crippen LogP contribution in [0.25, 0.3) is 0 Å². The Balaban J connectivity index is 1.58. The molecule has 2 aromatic rings. The molecule has 1 aromatic heterocycles. The zero-order valence-corrected chi connectivity index (χ0v) is 12.6. The third-order valence-electron chi connectivity index (χ3n) is 3.91. The van der Waals surface area contributed by atoms with Crippen LogP contribution in [0.2, 0.25) is 0 Å². The highest BCUT2D eigenvalue weighted by Gasteiger charge is 2.23. The molecule has 0 saturated carbocycles. The Hall–Kier alpha value is -2.21. The number of aromatic nitrogens is 3. The summed E-state index contributed by atoms with van der Waals surface area (Å²) in [5.74, 6) is -0.0599. The molecule has 2 unspecified atom stereocenters. The van der Waals surface area contributed by atoms with Crippen molar-refractivity contribution in [1.29, 1.82) is 0 Å². The van der Waals surface area contributed by atoms with E-state index in [1.807, 2.05) is 31.2 Å². The van der Waals surface area contributed by atoms with E-state index in [1.54, 1.807) is 11.0 Å². The Morgan fingerprint density at radius 1 is 1.45 bits per heavy atom. The molecule has 2 heterocycles. The number of amides is 1. The molecule has 6 heteroatoms. The fourth-order valence-corrected chi connectivity index (χ4v) is 2.64. The second-order valence-electron chi connectivity index (χ2n) is 5.60. The minimum atomic E-state index is -0.0599. The van der Waals surface area contributed by atoms with Gasteiger partial charge in [-0.05, 0) is 37.5 Å².